The Labute approximate surface area is 138 Å². The van der Waals surface area contributed by atoms with Crippen molar-refractivity contribution in [2.75, 3.05) is 14.2 Å². The summed E-state index contributed by atoms with van der Waals surface area (Å²) in [5, 5.41) is 11.2. The quantitative estimate of drug-likeness (QED) is 0.458. The van der Waals surface area contributed by atoms with Gasteiger partial charge in [0.15, 0.2) is 11.5 Å². The topological polar surface area (TPSA) is 87.9 Å². The Hall–Kier alpha value is -3.09. The molecule has 126 valence electrons. The first-order valence-electron chi connectivity index (χ1n) is 7.10. The zero-order valence-corrected chi connectivity index (χ0v) is 13.6. The molecule has 0 aliphatic rings. The van der Waals surface area contributed by atoms with Gasteiger partial charge in [0, 0.05) is 6.07 Å². The third kappa shape index (κ3) is 3.62. The molecule has 7 heteroatoms. The van der Waals surface area contributed by atoms with Crippen molar-refractivity contribution in [2.24, 2.45) is 0 Å². The lowest BCUT2D eigenvalue weighted by Gasteiger charge is -2.11. The largest absolute Gasteiger partial charge is 0.493 e. The molecule has 0 atom stereocenters. The number of ether oxygens (including phenoxy) is 3. The van der Waals surface area contributed by atoms with Crippen molar-refractivity contribution in [1.82, 2.24) is 0 Å². The lowest BCUT2D eigenvalue weighted by Crippen LogP contribution is -2.09. The highest BCUT2D eigenvalue weighted by Gasteiger charge is 2.25. The standard InChI is InChI=1S/C17H17NO6/c1-11-6-4-5-7-12(11)10-24-17(19)13-8-15(22-2)16(23-3)9-14(13)18(20)21/h4-9H,10H2,1-3H3. The summed E-state index contributed by atoms with van der Waals surface area (Å²) in [5.41, 5.74) is 1.20. The minimum absolute atomic E-state index is 0.0248. The highest BCUT2D eigenvalue weighted by molar-refractivity contribution is 5.95. The van der Waals surface area contributed by atoms with Gasteiger partial charge in [-0.15, -0.1) is 0 Å². The average molecular weight is 331 g/mol. The van der Waals surface area contributed by atoms with Crippen molar-refractivity contribution >= 4 is 11.7 Å². The second kappa shape index (κ2) is 7.45. The number of carbonyl (C=O) groups excluding carboxylic acids is 1. The van der Waals surface area contributed by atoms with E-state index >= 15 is 0 Å². The number of nitro groups is 1. The second-order valence-electron chi connectivity index (χ2n) is 4.98. The van der Waals surface area contributed by atoms with Crippen molar-refractivity contribution in [3.8, 4) is 11.5 Å². The number of benzene rings is 2. The molecule has 0 radical (unpaired) electrons. The lowest BCUT2D eigenvalue weighted by molar-refractivity contribution is -0.385. The van der Waals surface area contributed by atoms with Crippen LogP contribution in [0, 0.1) is 17.0 Å². The summed E-state index contributed by atoms with van der Waals surface area (Å²) in [6.07, 6.45) is 0. The number of carbonyl (C=O) groups is 1. The van der Waals surface area contributed by atoms with Gasteiger partial charge in [0.2, 0.25) is 0 Å². The number of nitro benzene ring substituents is 1. The molecule has 0 saturated heterocycles. The fourth-order valence-electron chi connectivity index (χ4n) is 2.18. The molecular weight excluding hydrogens is 314 g/mol. The molecule has 0 heterocycles. The molecule has 2 aromatic carbocycles. The Morgan fingerprint density at radius 3 is 2.33 bits per heavy atom. The van der Waals surface area contributed by atoms with Crippen LogP contribution in [0.15, 0.2) is 36.4 Å². The van der Waals surface area contributed by atoms with Gasteiger partial charge < -0.3 is 14.2 Å². The van der Waals surface area contributed by atoms with E-state index in [0.29, 0.717) is 0 Å². The maximum absolute atomic E-state index is 12.3. The normalized spacial score (nSPS) is 10.1. The molecule has 0 aliphatic carbocycles. The van der Waals surface area contributed by atoms with Crippen molar-refractivity contribution in [3.63, 3.8) is 0 Å². The van der Waals surface area contributed by atoms with Crippen LogP contribution in [0.1, 0.15) is 21.5 Å². The highest BCUT2D eigenvalue weighted by atomic mass is 16.6. The Morgan fingerprint density at radius 1 is 1.12 bits per heavy atom. The van der Waals surface area contributed by atoms with E-state index in [2.05, 4.69) is 0 Å². The molecule has 0 amide bonds. The van der Waals surface area contributed by atoms with Crippen LogP contribution in [0.2, 0.25) is 0 Å². The minimum atomic E-state index is -0.800. The maximum atomic E-state index is 12.3. The number of methoxy groups -OCH3 is 2. The van der Waals surface area contributed by atoms with E-state index in [-0.39, 0.29) is 23.7 Å². The third-order valence-electron chi connectivity index (χ3n) is 3.54. The van der Waals surface area contributed by atoms with Crippen LogP contribution in [0.3, 0.4) is 0 Å². The number of hydrogen-bond acceptors (Lipinski definition) is 6. The smallest absolute Gasteiger partial charge is 0.345 e. The molecule has 0 N–H and O–H groups in total. The molecule has 0 aromatic heterocycles. The van der Waals surface area contributed by atoms with E-state index < -0.39 is 16.6 Å². The van der Waals surface area contributed by atoms with Gasteiger partial charge in [-0.1, -0.05) is 24.3 Å². The molecule has 0 aliphatic heterocycles. The van der Waals surface area contributed by atoms with E-state index in [9.17, 15) is 14.9 Å². The first kappa shape index (κ1) is 17.3. The SMILES string of the molecule is COc1cc(C(=O)OCc2ccccc2C)c([N+](=O)[O-])cc1OC. The molecule has 0 bridgehead atoms. The van der Waals surface area contributed by atoms with Crippen LogP contribution in [0.5, 0.6) is 11.5 Å². The van der Waals surface area contributed by atoms with Crippen LogP contribution in [0.4, 0.5) is 5.69 Å². The summed E-state index contributed by atoms with van der Waals surface area (Å²) in [5.74, 6) is -0.420. The van der Waals surface area contributed by atoms with Gasteiger partial charge in [0.05, 0.1) is 25.2 Å². The zero-order chi connectivity index (χ0) is 17.7. The Bertz CT molecular complexity index is 772. The molecular formula is C17H17NO6. The number of rotatable bonds is 6. The predicted octanol–water partition coefficient (Wildman–Crippen LogP) is 3.28. The van der Waals surface area contributed by atoms with E-state index in [1.165, 1.54) is 20.3 Å². The van der Waals surface area contributed by atoms with Crippen molar-refractivity contribution in [3.05, 3.63) is 63.2 Å². The second-order valence-corrected chi connectivity index (χ2v) is 4.98. The Kier molecular flexibility index (Phi) is 5.36. The van der Waals surface area contributed by atoms with Crippen LogP contribution < -0.4 is 9.47 Å². The summed E-state index contributed by atoms with van der Waals surface area (Å²) >= 11 is 0. The van der Waals surface area contributed by atoms with Gasteiger partial charge in [0.25, 0.3) is 5.69 Å². The van der Waals surface area contributed by atoms with Crippen molar-refractivity contribution < 1.29 is 23.9 Å². The molecule has 0 saturated carbocycles. The molecule has 24 heavy (non-hydrogen) atoms. The van der Waals surface area contributed by atoms with Gasteiger partial charge in [0.1, 0.15) is 12.2 Å². The monoisotopic (exact) mass is 331 g/mol. The van der Waals surface area contributed by atoms with Gasteiger partial charge >= 0.3 is 5.97 Å². The van der Waals surface area contributed by atoms with Gasteiger partial charge in [-0.25, -0.2) is 4.79 Å². The fourth-order valence-corrected chi connectivity index (χ4v) is 2.18. The van der Waals surface area contributed by atoms with E-state index in [4.69, 9.17) is 14.2 Å². The summed E-state index contributed by atoms with van der Waals surface area (Å²) in [4.78, 5) is 22.9. The van der Waals surface area contributed by atoms with Crippen molar-refractivity contribution in [2.45, 2.75) is 13.5 Å². The summed E-state index contributed by atoms with van der Waals surface area (Å²) in [6, 6.07) is 9.81. The minimum Gasteiger partial charge on any atom is -0.493 e. The van der Waals surface area contributed by atoms with Gasteiger partial charge in [-0.2, -0.15) is 0 Å². The van der Waals surface area contributed by atoms with E-state index in [0.717, 1.165) is 17.2 Å². The van der Waals surface area contributed by atoms with Crippen LogP contribution >= 0.6 is 0 Å². The Morgan fingerprint density at radius 2 is 1.75 bits per heavy atom. The molecule has 0 spiro atoms. The molecule has 2 rings (SSSR count). The molecule has 7 nitrogen and oxygen atoms in total. The number of esters is 1. The van der Waals surface area contributed by atoms with Gasteiger partial charge in [-0.3, -0.25) is 10.1 Å². The molecule has 0 unspecified atom stereocenters. The first-order chi connectivity index (χ1) is 11.5. The number of nitrogens with zero attached hydrogens (tertiary/aromatic N) is 1. The van der Waals surface area contributed by atoms with Crippen LogP contribution in [-0.4, -0.2) is 25.1 Å². The van der Waals surface area contributed by atoms with Gasteiger partial charge in [-0.05, 0) is 18.1 Å². The first-order valence-corrected chi connectivity index (χ1v) is 7.10. The zero-order valence-electron chi connectivity index (χ0n) is 13.6. The molecule has 2 aromatic rings. The summed E-state index contributed by atoms with van der Waals surface area (Å²) in [7, 11) is 2.74. The summed E-state index contributed by atoms with van der Waals surface area (Å²) < 4.78 is 15.3. The van der Waals surface area contributed by atoms with E-state index in [1.54, 1.807) is 0 Å². The lowest BCUT2D eigenvalue weighted by atomic mass is 10.1. The predicted molar refractivity (Wildman–Crippen MR) is 86.5 cm³/mol. The maximum Gasteiger partial charge on any atom is 0.345 e. The summed E-state index contributed by atoms with van der Waals surface area (Å²) in [6.45, 7) is 1.92. The van der Waals surface area contributed by atoms with Crippen LogP contribution in [-0.2, 0) is 11.3 Å². The fraction of sp³-hybridized carbons (Fsp3) is 0.235. The average Bonchev–Trinajstić information content (AvgIpc) is 2.59. The van der Waals surface area contributed by atoms with E-state index in [1.807, 2.05) is 31.2 Å². The molecule has 0 fully saturated rings. The Balaban J connectivity index is 2.30. The van der Waals surface area contributed by atoms with Crippen LogP contribution in [0.25, 0.3) is 0 Å². The van der Waals surface area contributed by atoms with Crippen molar-refractivity contribution in [1.29, 1.82) is 0 Å². The highest BCUT2D eigenvalue weighted by Crippen LogP contribution is 2.34. The third-order valence-corrected chi connectivity index (χ3v) is 3.54. The number of aryl methyl sites for hydroxylation is 1. The number of hydrogen-bond donors (Lipinski definition) is 0.